The van der Waals surface area contributed by atoms with Crippen LogP contribution in [0.25, 0.3) is 10.9 Å². The summed E-state index contributed by atoms with van der Waals surface area (Å²) < 4.78 is 2.04. The van der Waals surface area contributed by atoms with Crippen molar-refractivity contribution in [3.8, 4) is 0 Å². The second-order valence-electron chi connectivity index (χ2n) is 3.01. The molecule has 13 heavy (non-hydrogen) atoms. The van der Waals surface area contributed by atoms with Crippen LogP contribution in [0.1, 0.15) is 5.69 Å². The van der Waals surface area contributed by atoms with Gasteiger partial charge in [0.1, 0.15) is 10.3 Å². The number of hydrogen-bond acceptors (Lipinski definition) is 1. The van der Waals surface area contributed by atoms with E-state index in [0.29, 0.717) is 10.3 Å². The van der Waals surface area contributed by atoms with Crippen molar-refractivity contribution in [3.63, 3.8) is 0 Å². The first-order valence-corrected chi connectivity index (χ1v) is 4.63. The molecule has 0 unspecified atom stereocenters. The zero-order valence-electron chi connectivity index (χ0n) is 7.31. The van der Waals surface area contributed by atoms with Crippen LogP contribution in [-0.4, -0.2) is 9.55 Å². The van der Waals surface area contributed by atoms with E-state index in [1.807, 2.05) is 30.7 Å². The van der Waals surface area contributed by atoms with Crippen LogP contribution in [0, 0.1) is 6.92 Å². The number of pyridine rings is 1. The first-order chi connectivity index (χ1) is 6.09. The summed E-state index contributed by atoms with van der Waals surface area (Å²) in [5, 5.41) is 1.84. The standard InChI is InChI=1S/C9H8Cl2N2/c1-5-3-6-7(13(5)2)4-8(10)12-9(6)11/h3-4H,1-2H3. The van der Waals surface area contributed by atoms with Crippen molar-refractivity contribution in [1.82, 2.24) is 9.55 Å². The minimum Gasteiger partial charge on any atom is -0.348 e. The summed E-state index contributed by atoms with van der Waals surface area (Å²) in [6.45, 7) is 2.02. The molecule has 0 bridgehead atoms. The molecule has 0 aliphatic carbocycles. The van der Waals surface area contributed by atoms with Gasteiger partial charge in [0.2, 0.25) is 0 Å². The maximum atomic E-state index is 5.94. The van der Waals surface area contributed by atoms with Crippen LogP contribution in [0.3, 0.4) is 0 Å². The highest BCUT2D eigenvalue weighted by atomic mass is 35.5. The summed E-state index contributed by atoms with van der Waals surface area (Å²) in [6, 6.07) is 3.82. The highest BCUT2D eigenvalue weighted by Gasteiger charge is 2.07. The molecule has 68 valence electrons. The van der Waals surface area contributed by atoms with Crippen molar-refractivity contribution in [1.29, 1.82) is 0 Å². The van der Waals surface area contributed by atoms with Crippen LogP contribution < -0.4 is 0 Å². The number of aromatic nitrogens is 2. The molecule has 0 aliphatic heterocycles. The van der Waals surface area contributed by atoms with Crippen molar-refractivity contribution >= 4 is 34.1 Å². The zero-order valence-corrected chi connectivity index (χ0v) is 8.82. The molecule has 0 saturated heterocycles. The van der Waals surface area contributed by atoms with Gasteiger partial charge in [-0.2, -0.15) is 0 Å². The largest absolute Gasteiger partial charge is 0.348 e. The number of fused-ring (bicyclic) bond motifs is 1. The van der Waals surface area contributed by atoms with E-state index >= 15 is 0 Å². The van der Waals surface area contributed by atoms with E-state index in [1.54, 1.807) is 0 Å². The van der Waals surface area contributed by atoms with Crippen LogP contribution in [0.5, 0.6) is 0 Å². The van der Waals surface area contributed by atoms with Crippen molar-refractivity contribution < 1.29 is 0 Å². The van der Waals surface area contributed by atoms with E-state index in [0.717, 1.165) is 16.6 Å². The number of nitrogens with zero attached hydrogens (tertiary/aromatic N) is 2. The van der Waals surface area contributed by atoms with Crippen molar-refractivity contribution in [3.05, 3.63) is 28.1 Å². The van der Waals surface area contributed by atoms with E-state index in [1.165, 1.54) is 0 Å². The monoisotopic (exact) mass is 214 g/mol. The van der Waals surface area contributed by atoms with Crippen molar-refractivity contribution in [2.45, 2.75) is 6.92 Å². The predicted molar refractivity (Wildman–Crippen MR) is 55.5 cm³/mol. The number of aryl methyl sites for hydroxylation is 2. The summed E-state index contributed by atoms with van der Waals surface area (Å²) >= 11 is 11.7. The quantitative estimate of drug-likeness (QED) is 0.617. The molecule has 0 aliphatic rings. The lowest BCUT2D eigenvalue weighted by Crippen LogP contribution is -1.89. The Morgan fingerprint density at radius 2 is 2.00 bits per heavy atom. The van der Waals surface area contributed by atoms with Gasteiger partial charge in [0.05, 0.1) is 5.52 Å². The topological polar surface area (TPSA) is 17.8 Å². The highest BCUT2D eigenvalue weighted by molar-refractivity contribution is 6.36. The van der Waals surface area contributed by atoms with Gasteiger partial charge in [0.15, 0.2) is 0 Å². The molecule has 2 aromatic rings. The summed E-state index contributed by atoms with van der Waals surface area (Å²) in [4.78, 5) is 3.97. The third-order valence-electron chi connectivity index (χ3n) is 2.20. The zero-order chi connectivity index (χ0) is 9.59. The summed E-state index contributed by atoms with van der Waals surface area (Å²) in [6.07, 6.45) is 0. The average molecular weight is 215 g/mol. The summed E-state index contributed by atoms with van der Waals surface area (Å²) in [5.41, 5.74) is 2.16. The fourth-order valence-corrected chi connectivity index (χ4v) is 1.86. The second-order valence-corrected chi connectivity index (χ2v) is 3.76. The molecule has 2 nitrogen and oxygen atoms in total. The molecule has 0 fully saturated rings. The molecule has 2 aromatic heterocycles. The van der Waals surface area contributed by atoms with Gasteiger partial charge in [0, 0.05) is 18.1 Å². The maximum absolute atomic E-state index is 5.94. The second kappa shape index (κ2) is 2.89. The normalized spacial score (nSPS) is 11.1. The Morgan fingerprint density at radius 1 is 1.31 bits per heavy atom. The van der Waals surface area contributed by atoms with Gasteiger partial charge in [0.25, 0.3) is 0 Å². The Balaban J connectivity index is 2.94. The fourth-order valence-electron chi connectivity index (χ4n) is 1.39. The Morgan fingerprint density at radius 3 is 2.69 bits per heavy atom. The van der Waals surface area contributed by atoms with E-state index < -0.39 is 0 Å². The van der Waals surface area contributed by atoms with Crippen LogP contribution >= 0.6 is 23.2 Å². The van der Waals surface area contributed by atoms with E-state index in [9.17, 15) is 0 Å². The molecular formula is C9H8Cl2N2. The third kappa shape index (κ3) is 1.30. The average Bonchev–Trinajstić information content (AvgIpc) is 2.32. The van der Waals surface area contributed by atoms with Gasteiger partial charge in [-0.1, -0.05) is 23.2 Å². The first-order valence-electron chi connectivity index (χ1n) is 3.87. The highest BCUT2D eigenvalue weighted by Crippen LogP contribution is 2.26. The molecule has 2 rings (SSSR count). The van der Waals surface area contributed by atoms with Gasteiger partial charge >= 0.3 is 0 Å². The van der Waals surface area contributed by atoms with Crippen LogP contribution in [0.15, 0.2) is 12.1 Å². The Labute approximate surface area is 86.1 Å². The molecular weight excluding hydrogens is 207 g/mol. The smallest absolute Gasteiger partial charge is 0.140 e. The SMILES string of the molecule is Cc1cc2c(Cl)nc(Cl)cc2n1C. The van der Waals surface area contributed by atoms with Crippen LogP contribution in [-0.2, 0) is 7.05 Å². The molecule has 0 amide bonds. The molecule has 2 heterocycles. The Bertz CT molecular complexity index is 474. The lowest BCUT2D eigenvalue weighted by atomic mass is 10.3. The lowest BCUT2D eigenvalue weighted by molar-refractivity contribution is 0.917. The first kappa shape index (κ1) is 8.85. The van der Waals surface area contributed by atoms with Crippen LogP contribution in [0.2, 0.25) is 10.3 Å². The number of rotatable bonds is 0. The summed E-state index contributed by atoms with van der Waals surface area (Å²) in [7, 11) is 1.98. The Kier molecular flexibility index (Phi) is 1.97. The molecule has 0 radical (unpaired) electrons. The number of hydrogen-bond donors (Lipinski definition) is 0. The predicted octanol–water partition coefficient (Wildman–Crippen LogP) is 3.19. The lowest BCUT2D eigenvalue weighted by Gasteiger charge is -1.99. The fraction of sp³-hybridized carbons (Fsp3) is 0.222. The van der Waals surface area contributed by atoms with Gasteiger partial charge in [-0.25, -0.2) is 4.98 Å². The van der Waals surface area contributed by atoms with Crippen molar-refractivity contribution in [2.24, 2.45) is 7.05 Å². The Hall–Kier alpha value is -0.730. The molecule has 0 spiro atoms. The van der Waals surface area contributed by atoms with E-state index in [-0.39, 0.29) is 0 Å². The van der Waals surface area contributed by atoms with Gasteiger partial charge in [-0.05, 0) is 19.1 Å². The maximum Gasteiger partial charge on any atom is 0.140 e. The van der Waals surface area contributed by atoms with Gasteiger partial charge < -0.3 is 4.57 Å². The molecule has 0 saturated carbocycles. The molecule has 0 atom stereocenters. The van der Waals surface area contributed by atoms with E-state index in [4.69, 9.17) is 23.2 Å². The molecule has 0 N–H and O–H groups in total. The third-order valence-corrected chi connectivity index (χ3v) is 2.68. The van der Waals surface area contributed by atoms with E-state index in [2.05, 4.69) is 4.98 Å². The van der Waals surface area contributed by atoms with Gasteiger partial charge in [-0.3, -0.25) is 0 Å². The molecule has 0 aromatic carbocycles. The number of halogens is 2. The van der Waals surface area contributed by atoms with Gasteiger partial charge in [-0.15, -0.1) is 0 Å². The van der Waals surface area contributed by atoms with Crippen molar-refractivity contribution in [2.75, 3.05) is 0 Å². The van der Waals surface area contributed by atoms with Crippen LogP contribution in [0.4, 0.5) is 0 Å². The minimum absolute atomic E-state index is 0.429. The molecule has 4 heteroatoms. The summed E-state index contributed by atoms with van der Waals surface area (Å²) in [5.74, 6) is 0. The minimum atomic E-state index is 0.429.